The van der Waals surface area contributed by atoms with Gasteiger partial charge < -0.3 is 5.32 Å². The molecule has 2 nitrogen and oxygen atoms in total. The zero-order valence-corrected chi connectivity index (χ0v) is 13.8. The standard InChI is InChI=1S/C14H18F4N2.2ClH/c1-2-13(20-7-5-19-6-8-20)10-3-4-12(15)11(9-10)14(16,17)18;;/h3-4,9,13,19H,2,5-8H2,1H3;2*1H/t13-;;/m1../s1. The molecular formula is C14H20Cl2F4N2. The van der Waals surface area contributed by atoms with Gasteiger partial charge in [-0.25, -0.2) is 4.39 Å². The Morgan fingerprint density at radius 2 is 1.77 bits per heavy atom. The summed E-state index contributed by atoms with van der Waals surface area (Å²) in [6.45, 7) is 5.16. The van der Waals surface area contributed by atoms with E-state index in [4.69, 9.17) is 0 Å². The van der Waals surface area contributed by atoms with Crippen LogP contribution >= 0.6 is 24.8 Å². The highest BCUT2D eigenvalue weighted by Crippen LogP contribution is 2.34. The molecule has 0 amide bonds. The highest BCUT2D eigenvalue weighted by Gasteiger charge is 2.35. The lowest BCUT2D eigenvalue weighted by molar-refractivity contribution is -0.140. The van der Waals surface area contributed by atoms with E-state index >= 15 is 0 Å². The fourth-order valence-corrected chi connectivity index (χ4v) is 2.67. The van der Waals surface area contributed by atoms with Gasteiger partial charge in [-0.15, -0.1) is 24.8 Å². The van der Waals surface area contributed by atoms with Crippen LogP contribution in [0.4, 0.5) is 17.6 Å². The normalized spacial score (nSPS) is 17.3. The molecule has 1 aromatic rings. The first-order chi connectivity index (χ1) is 9.43. The molecule has 0 bridgehead atoms. The molecule has 1 fully saturated rings. The number of rotatable bonds is 3. The molecule has 0 radical (unpaired) electrons. The van der Waals surface area contributed by atoms with Crippen LogP contribution in [0.1, 0.15) is 30.5 Å². The van der Waals surface area contributed by atoms with Crippen LogP contribution in [0.2, 0.25) is 0 Å². The molecule has 1 N–H and O–H groups in total. The van der Waals surface area contributed by atoms with Crippen molar-refractivity contribution in [2.45, 2.75) is 25.6 Å². The van der Waals surface area contributed by atoms with Crippen LogP contribution in [0.5, 0.6) is 0 Å². The molecule has 1 saturated heterocycles. The summed E-state index contributed by atoms with van der Waals surface area (Å²) < 4.78 is 51.7. The average Bonchev–Trinajstić information content (AvgIpc) is 2.41. The van der Waals surface area contributed by atoms with Crippen LogP contribution in [-0.2, 0) is 6.18 Å². The third-order valence-corrected chi connectivity index (χ3v) is 3.66. The van der Waals surface area contributed by atoms with Gasteiger partial charge in [0.2, 0.25) is 0 Å². The molecule has 22 heavy (non-hydrogen) atoms. The molecule has 1 aliphatic heterocycles. The number of hydrogen-bond donors (Lipinski definition) is 1. The summed E-state index contributed by atoms with van der Waals surface area (Å²) in [7, 11) is 0. The second kappa shape index (κ2) is 8.91. The van der Waals surface area contributed by atoms with Gasteiger partial charge in [-0.2, -0.15) is 13.2 Å². The Bertz CT molecular complexity index is 463. The number of benzene rings is 1. The molecular weight excluding hydrogens is 343 g/mol. The van der Waals surface area contributed by atoms with Crippen LogP contribution in [0.15, 0.2) is 18.2 Å². The Kier molecular flexibility index (Phi) is 8.69. The summed E-state index contributed by atoms with van der Waals surface area (Å²) in [6, 6.07) is 3.23. The SMILES string of the molecule is CC[C@H](c1ccc(F)c(C(F)(F)F)c1)N1CCNCC1.Cl.Cl. The maximum Gasteiger partial charge on any atom is 0.419 e. The van der Waals surface area contributed by atoms with Crippen molar-refractivity contribution in [2.24, 2.45) is 0 Å². The lowest BCUT2D eigenvalue weighted by atomic mass is 9.99. The van der Waals surface area contributed by atoms with Gasteiger partial charge in [-0.3, -0.25) is 4.90 Å². The number of nitrogens with one attached hydrogen (secondary N) is 1. The molecule has 128 valence electrons. The van der Waals surface area contributed by atoms with Crippen LogP contribution < -0.4 is 5.32 Å². The van der Waals surface area contributed by atoms with Gasteiger partial charge in [0.25, 0.3) is 0 Å². The Morgan fingerprint density at radius 1 is 1.18 bits per heavy atom. The molecule has 8 heteroatoms. The third-order valence-electron chi connectivity index (χ3n) is 3.66. The van der Waals surface area contributed by atoms with Gasteiger partial charge >= 0.3 is 6.18 Å². The zero-order valence-electron chi connectivity index (χ0n) is 12.1. The Labute approximate surface area is 140 Å². The summed E-state index contributed by atoms with van der Waals surface area (Å²) in [5, 5.41) is 3.21. The van der Waals surface area contributed by atoms with Crippen LogP contribution in [0, 0.1) is 5.82 Å². The minimum absolute atomic E-state index is 0. The van der Waals surface area contributed by atoms with E-state index in [9.17, 15) is 17.6 Å². The lowest BCUT2D eigenvalue weighted by Crippen LogP contribution is -2.45. The monoisotopic (exact) mass is 362 g/mol. The van der Waals surface area contributed by atoms with E-state index in [1.165, 1.54) is 6.07 Å². The highest BCUT2D eigenvalue weighted by molar-refractivity contribution is 5.85. The van der Waals surface area contributed by atoms with E-state index in [1.54, 1.807) is 0 Å². The van der Waals surface area contributed by atoms with Crippen molar-refractivity contribution in [1.82, 2.24) is 10.2 Å². The van der Waals surface area contributed by atoms with Crippen molar-refractivity contribution >= 4 is 24.8 Å². The van der Waals surface area contributed by atoms with Crippen molar-refractivity contribution in [3.05, 3.63) is 35.1 Å². The van der Waals surface area contributed by atoms with Crippen LogP contribution in [0.3, 0.4) is 0 Å². The molecule has 0 unspecified atom stereocenters. The average molecular weight is 363 g/mol. The largest absolute Gasteiger partial charge is 0.419 e. The summed E-state index contributed by atoms with van der Waals surface area (Å²) in [5.41, 5.74) is -0.647. The maximum absolute atomic E-state index is 13.3. The van der Waals surface area contributed by atoms with Crippen LogP contribution in [0.25, 0.3) is 0 Å². The Morgan fingerprint density at radius 3 is 2.27 bits per heavy atom. The Balaban J connectivity index is 0.00000220. The second-order valence-corrected chi connectivity index (χ2v) is 4.95. The Hall–Kier alpha value is -0.560. The van der Waals surface area contributed by atoms with Gasteiger partial charge in [0.05, 0.1) is 5.56 Å². The lowest BCUT2D eigenvalue weighted by Gasteiger charge is -2.35. The second-order valence-electron chi connectivity index (χ2n) is 4.95. The highest BCUT2D eigenvalue weighted by atomic mass is 35.5. The molecule has 1 atom stereocenters. The molecule has 1 heterocycles. The quantitative estimate of drug-likeness (QED) is 0.816. The minimum Gasteiger partial charge on any atom is -0.314 e. The third kappa shape index (κ3) is 4.98. The van der Waals surface area contributed by atoms with Crippen molar-refractivity contribution in [2.75, 3.05) is 26.2 Å². The van der Waals surface area contributed by atoms with E-state index in [0.717, 1.165) is 38.3 Å². The predicted octanol–water partition coefficient (Wildman–Crippen LogP) is 4.04. The summed E-state index contributed by atoms with van der Waals surface area (Å²) in [4.78, 5) is 2.14. The van der Waals surface area contributed by atoms with E-state index in [-0.39, 0.29) is 30.9 Å². The molecule has 0 spiro atoms. The van der Waals surface area contributed by atoms with Gasteiger partial charge in [0.1, 0.15) is 5.82 Å². The van der Waals surface area contributed by atoms with Crippen molar-refractivity contribution in [3.63, 3.8) is 0 Å². The van der Waals surface area contributed by atoms with Crippen molar-refractivity contribution in [3.8, 4) is 0 Å². The van der Waals surface area contributed by atoms with E-state index in [2.05, 4.69) is 10.2 Å². The minimum atomic E-state index is -4.65. The smallest absolute Gasteiger partial charge is 0.314 e. The first kappa shape index (κ1) is 21.4. The van der Waals surface area contributed by atoms with E-state index < -0.39 is 17.6 Å². The summed E-state index contributed by atoms with van der Waals surface area (Å²) in [5.74, 6) is -1.21. The van der Waals surface area contributed by atoms with Crippen molar-refractivity contribution < 1.29 is 17.6 Å². The molecule has 0 aliphatic carbocycles. The number of halogens is 6. The van der Waals surface area contributed by atoms with E-state index in [1.807, 2.05) is 6.92 Å². The zero-order chi connectivity index (χ0) is 14.8. The molecule has 0 saturated carbocycles. The summed E-state index contributed by atoms with van der Waals surface area (Å²) in [6.07, 6.45) is -3.95. The number of alkyl halides is 3. The van der Waals surface area contributed by atoms with Gasteiger partial charge in [-0.1, -0.05) is 13.0 Å². The number of hydrogen-bond acceptors (Lipinski definition) is 2. The molecule has 1 aliphatic rings. The fraction of sp³-hybridized carbons (Fsp3) is 0.571. The predicted molar refractivity (Wildman–Crippen MR) is 83.4 cm³/mol. The first-order valence-electron chi connectivity index (χ1n) is 6.75. The topological polar surface area (TPSA) is 15.3 Å². The van der Waals surface area contributed by atoms with E-state index in [0.29, 0.717) is 12.0 Å². The summed E-state index contributed by atoms with van der Waals surface area (Å²) >= 11 is 0. The molecule has 2 rings (SSSR count). The first-order valence-corrected chi connectivity index (χ1v) is 6.75. The molecule has 0 aromatic heterocycles. The van der Waals surface area contributed by atoms with Crippen molar-refractivity contribution in [1.29, 1.82) is 0 Å². The van der Waals surface area contributed by atoms with Gasteiger partial charge in [-0.05, 0) is 24.1 Å². The maximum atomic E-state index is 13.3. The van der Waals surface area contributed by atoms with Crippen LogP contribution in [-0.4, -0.2) is 31.1 Å². The number of nitrogens with zero attached hydrogens (tertiary/aromatic N) is 1. The number of piperazine rings is 1. The molecule has 1 aromatic carbocycles. The van der Waals surface area contributed by atoms with Gasteiger partial charge in [0.15, 0.2) is 0 Å². The fourth-order valence-electron chi connectivity index (χ4n) is 2.67. The van der Waals surface area contributed by atoms with Gasteiger partial charge in [0, 0.05) is 32.2 Å².